The molecule has 0 unspecified atom stereocenters. The molecule has 0 N–H and O–H groups in total. The van der Waals surface area contributed by atoms with Crippen molar-refractivity contribution in [3.05, 3.63) is 23.0 Å². The molecule has 0 bridgehead atoms. The van der Waals surface area contributed by atoms with E-state index in [2.05, 4.69) is 25.7 Å². The lowest BCUT2D eigenvalue weighted by Gasteiger charge is -2.15. The Morgan fingerprint density at radius 2 is 2.05 bits per heavy atom. The van der Waals surface area contributed by atoms with Crippen LogP contribution in [-0.4, -0.2) is 16.6 Å². The fraction of sp³-hybridized carbons (Fsp3) is 0.333. The molecule has 3 nitrogen and oxygen atoms in total. The highest BCUT2D eigenvalue weighted by Gasteiger charge is 2.35. The van der Waals surface area contributed by atoms with Gasteiger partial charge in [-0.1, -0.05) is 15.9 Å². The number of halogens is 7. The molecule has 1 aromatic rings. The molecule has 0 atom stereocenters. The van der Waals surface area contributed by atoms with E-state index in [0.29, 0.717) is 6.07 Å². The average molecular weight is 368 g/mol. The number of alkyl halides is 6. The number of pyridine rings is 1. The van der Waals surface area contributed by atoms with Crippen molar-refractivity contribution >= 4 is 32.8 Å². The van der Waals surface area contributed by atoms with Gasteiger partial charge in [0.15, 0.2) is 0 Å². The smallest absolute Gasteiger partial charge is 0.405 e. The first-order valence-electron chi connectivity index (χ1n) is 4.49. The number of ether oxygens (including phenoxy) is 1. The molecule has 106 valence electrons. The van der Waals surface area contributed by atoms with Gasteiger partial charge >= 0.3 is 6.36 Å². The summed E-state index contributed by atoms with van der Waals surface area (Å²) in [5.74, 6) is -1.20. The number of hydrogen-bond donors (Lipinski definition) is 0. The molecule has 0 aliphatic rings. The van der Waals surface area contributed by atoms with Gasteiger partial charge in [-0.3, -0.25) is 4.79 Å². The Labute approximate surface area is 116 Å². The third kappa shape index (κ3) is 4.27. The quantitative estimate of drug-likeness (QED) is 0.454. The zero-order valence-corrected chi connectivity index (χ0v) is 11.1. The van der Waals surface area contributed by atoms with Crippen molar-refractivity contribution in [2.45, 2.75) is 18.1 Å². The molecular formula is C9H4BrClF5NO2. The molecule has 19 heavy (non-hydrogen) atoms. The number of carbonyl (C=O) groups excluding carboxylic acids is 1. The summed E-state index contributed by atoms with van der Waals surface area (Å²) in [7, 11) is 0. The summed E-state index contributed by atoms with van der Waals surface area (Å²) in [6.45, 7) is 0. The minimum atomic E-state index is -5.18. The predicted octanol–water partition coefficient (Wildman–Crippen LogP) is 4.19. The topological polar surface area (TPSA) is 39.2 Å². The van der Waals surface area contributed by atoms with Crippen molar-refractivity contribution in [2.75, 3.05) is 0 Å². The van der Waals surface area contributed by atoms with Gasteiger partial charge < -0.3 is 4.74 Å². The summed E-state index contributed by atoms with van der Waals surface area (Å²) in [5.41, 5.74) is -2.36. The van der Waals surface area contributed by atoms with Gasteiger partial charge in [0, 0.05) is 11.4 Å². The van der Waals surface area contributed by atoms with Crippen LogP contribution in [0, 0.1) is 0 Å². The molecule has 0 aliphatic carbocycles. The molecule has 0 fully saturated rings. The lowest BCUT2D eigenvalue weighted by atomic mass is 10.1. The number of nitrogens with zero attached hydrogens (tertiary/aromatic N) is 1. The second-order valence-corrected chi connectivity index (χ2v) is 4.03. The first-order valence-corrected chi connectivity index (χ1v) is 5.99. The van der Waals surface area contributed by atoms with E-state index in [-0.39, 0.29) is 11.0 Å². The van der Waals surface area contributed by atoms with E-state index in [4.69, 9.17) is 11.6 Å². The fourth-order valence-electron chi connectivity index (χ4n) is 1.22. The van der Waals surface area contributed by atoms with Gasteiger partial charge in [-0.25, -0.2) is 13.8 Å². The van der Waals surface area contributed by atoms with E-state index < -0.39 is 35.0 Å². The van der Waals surface area contributed by atoms with Crippen LogP contribution in [0.2, 0.25) is 0 Å². The maximum absolute atomic E-state index is 12.7. The van der Waals surface area contributed by atoms with Crippen LogP contribution in [-0.2, 0) is 5.33 Å². The molecule has 0 spiro atoms. The van der Waals surface area contributed by atoms with Crippen LogP contribution in [0.3, 0.4) is 0 Å². The Bertz CT molecular complexity index is 494. The van der Waals surface area contributed by atoms with E-state index >= 15 is 0 Å². The molecule has 0 aromatic carbocycles. The fourth-order valence-corrected chi connectivity index (χ4v) is 1.65. The Morgan fingerprint density at radius 3 is 2.42 bits per heavy atom. The van der Waals surface area contributed by atoms with Crippen LogP contribution in [0.5, 0.6) is 5.75 Å². The Morgan fingerprint density at radius 1 is 1.47 bits per heavy atom. The van der Waals surface area contributed by atoms with E-state index in [1.54, 1.807) is 0 Å². The summed E-state index contributed by atoms with van der Waals surface area (Å²) in [6, 6.07) is 0.660. The molecule has 0 saturated heterocycles. The lowest BCUT2D eigenvalue weighted by Crippen LogP contribution is -2.20. The van der Waals surface area contributed by atoms with Gasteiger partial charge in [-0.2, -0.15) is 0 Å². The van der Waals surface area contributed by atoms with Gasteiger partial charge in [-0.05, 0) is 11.6 Å². The zero-order valence-electron chi connectivity index (χ0n) is 8.77. The van der Waals surface area contributed by atoms with Crippen molar-refractivity contribution in [1.29, 1.82) is 0 Å². The second kappa shape index (κ2) is 6.00. The summed E-state index contributed by atoms with van der Waals surface area (Å²) in [4.78, 5) is 14.4. The van der Waals surface area contributed by atoms with Crippen molar-refractivity contribution in [2.24, 2.45) is 0 Å². The van der Waals surface area contributed by atoms with Crippen LogP contribution in [0.4, 0.5) is 22.0 Å². The molecule has 10 heteroatoms. The van der Waals surface area contributed by atoms with Crippen LogP contribution in [0.15, 0.2) is 6.07 Å². The molecule has 0 radical (unpaired) electrons. The molecule has 0 aliphatic heterocycles. The van der Waals surface area contributed by atoms with Crippen molar-refractivity contribution in [3.8, 4) is 5.75 Å². The highest BCUT2D eigenvalue weighted by atomic mass is 79.9. The minimum absolute atomic E-state index is 0.0676. The van der Waals surface area contributed by atoms with Crippen molar-refractivity contribution in [1.82, 2.24) is 4.98 Å². The number of carbonyl (C=O) groups is 1. The average Bonchev–Trinajstić information content (AvgIpc) is 2.24. The van der Waals surface area contributed by atoms with Gasteiger partial charge in [-0.15, -0.1) is 13.2 Å². The van der Waals surface area contributed by atoms with Gasteiger partial charge in [0.05, 0.1) is 11.3 Å². The summed E-state index contributed by atoms with van der Waals surface area (Å²) in [6.07, 6.45) is -8.58. The first kappa shape index (κ1) is 16.1. The number of aromatic nitrogens is 1. The Hall–Kier alpha value is -0.960. The third-order valence-corrected chi connectivity index (χ3v) is 2.59. The Balaban J connectivity index is 3.48. The van der Waals surface area contributed by atoms with Crippen molar-refractivity contribution in [3.63, 3.8) is 0 Å². The lowest BCUT2D eigenvalue weighted by molar-refractivity contribution is -0.275. The van der Waals surface area contributed by atoms with Gasteiger partial charge in [0.1, 0.15) is 11.4 Å². The molecule has 1 rings (SSSR count). The van der Waals surface area contributed by atoms with Crippen LogP contribution < -0.4 is 4.74 Å². The van der Waals surface area contributed by atoms with Gasteiger partial charge in [0.25, 0.3) is 11.7 Å². The molecule has 1 heterocycles. The largest absolute Gasteiger partial charge is 0.573 e. The third-order valence-electron chi connectivity index (χ3n) is 1.84. The normalized spacial score (nSPS) is 11.8. The maximum atomic E-state index is 12.7. The van der Waals surface area contributed by atoms with Crippen LogP contribution in [0.1, 0.15) is 28.2 Å². The first-order chi connectivity index (χ1) is 8.65. The SMILES string of the molecule is O=C(Cl)c1nc(CBr)cc(OC(F)(F)F)c1C(F)F. The van der Waals surface area contributed by atoms with Crippen LogP contribution >= 0.6 is 27.5 Å². The summed E-state index contributed by atoms with van der Waals surface area (Å²) >= 11 is 7.91. The molecule has 0 amide bonds. The van der Waals surface area contributed by atoms with E-state index in [0.717, 1.165) is 0 Å². The van der Waals surface area contributed by atoms with E-state index in [1.807, 2.05) is 0 Å². The van der Waals surface area contributed by atoms with Crippen LogP contribution in [0.25, 0.3) is 0 Å². The standard InChI is InChI=1S/C9H4BrClF5NO2/c10-2-3-1-4(19-9(14,15)16)5(8(12)13)6(17-3)7(11)18/h1,8H,2H2. The van der Waals surface area contributed by atoms with Gasteiger partial charge in [0.2, 0.25) is 0 Å². The summed E-state index contributed by atoms with van der Waals surface area (Å²) in [5, 5.41) is -1.47. The summed E-state index contributed by atoms with van der Waals surface area (Å²) < 4.78 is 65.4. The Kier molecular flexibility index (Phi) is 5.08. The van der Waals surface area contributed by atoms with E-state index in [9.17, 15) is 26.7 Å². The maximum Gasteiger partial charge on any atom is 0.573 e. The monoisotopic (exact) mass is 367 g/mol. The molecule has 1 aromatic heterocycles. The highest BCUT2D eigenvalue weighted by Crippen LogP contribution is 2.36. The minimum Gasteiger partial charge on any atom is -0.405 e. The molecule has 0 saturated carbocycles. The second-order valence-electron chi connectivity index (χ2n) is 3.13. The predicted molar refractivity (Wildman–Crippen MR) is 58.7 cm³/mol. The number of hydrogen-bond acceptors (Lipinski definition) is 3. The molecular weight excluding hydrogens is 364 g/mol. The van der Waals surface area contributed by atoms with E-state index in [1.165, 1.54) is 0 Å². The highest BCUT2D eigenvalue weighted by molar-refractivity contribution is 9.08. The zero-order chi connectivity index (χ0) is 14.8. The van der Waals surface area contributed by atoms with Crippen molar-refractivity contribution < 1.29 is 31.5 Å². The number of rotatable bonds is 4.